The molecule has 0 atom stereocenters. The van der Waals surface area contributed by atoms with Crippen molar-refractivity contribution in [3.63, 3.8) is 0 Å². The monoisotopic (exact) mass is 251 g/mol. The Kier molecular flexibility index (Phi) is 5.18. The summed E-state index contributed by atoms with van der Waals surface area (Å²) < 4.78 is 37.6. The van der Waals surface area contributed by atoms with E-state index >= 15 is 0 Å². The average molecular weight is 251 g/mol. The number of sulfonamides is 1. The van der Waals surface area contributed by atoms with Gasteiger partial charge in [0.25, 0.3) is 0 Å². The minimum absolute atomic E-state index is 0.0917. The van der Waals surface area contributed by atoms with Gasteiger partial charge in [-0.05, 0) is 31.1 Å². The Hall–Kier alpha value is -0.160. The van der Waals surface area contributed by atoms with E-state index in [4.69, 9.17) is 0 Å². The van der Waals surface area contributed by atoms with E-state index in [-0.39, 0.29) is 17.6 Å². The number of hydrogen-bond donors (Lipinski definition) is 1. The van der Waals surface area contributed by atoms with Gasteiger partial charge in [-0.15, -0.1) is 0 Å². The van der Waals surface area contributed by atoms with Crippen LogP contribution in [0.4, 0.5) is 4.39 Å². The van der Waals surface area contributed by atoms with Gasteiger partial charge in [-0.2, -0.15) is 0 Å². The number of nitrogens with one attached hydrogen (secondary N) is 1. The fourth-order valence-electron chi connectivity index (χ4n) is 2.36. The zero-order chi connectivity index (χ0) is 12.1. The highest BCUT2D eigenvalue weighted by atomic mass is 32.2. The second kappa shape index (κ2) is 5.96. The molecule has 0 aromatic rings. The van der Waals surface area contributed by atoms with Crippen LogP contribution in [0, 0.1) is 5.41 Å². The number of hydrogen-bond acceptors (Lipinski definition) is 2. The van der Waals surface area contributed by atoms with Gasteiger partial charge in [-0.1, -0.05) is 19.8 Å². The summed E-state index contributed by atoms with van der Waals surface area (Å²) in [7, 11) is -3.27. The van der Waals surface area contributed by atoms with E-state index in [9.17, 15) is 12.8 Å². The topological polar surface area (TPSA) is 46.2 Å². The normalized spacial score (nSPS) is 20.1. The summed E-state index contributed by atoms with van der Waals surface area (Å²) in [5.41, 5.74) is 0.156. The van der Waals surface area contributed by atoms with Crippen LogP contribution in [0.25, 0.3) is 0 Å². The Morgan fingerprint density at radius 3 is 2.44 bits per heavy atom. The average Bonchev–Trinajstić information content (AvgIpc) is 2.74. The second-order valence-electron chi connectivity index (χ2n) is 4.74. The van der Waals surface area contributed by atoms with Crippen LogP contribution in [0.1, 0.15) is 45.4 Å². The van der Waals surface area contributed by atoms with Crippen molar-refractivity contribution in [1.82, 2.24) is 4.72 Å². The van der Waals surface area contributed by atoms with E-state index in [0.29, 0.717) is 6.54 Å². The lowest BCUT2D eigenvalue weighted by atomic mass is 9.84. The van der Waals surface area contributed by atoms with Gasteiger partial charge >= 0.3 is 0 Å². The van der Waals surface area contributed by atoms with Crippen LogP contribution in [-0.4, -0.2) is 27.4 Å². The van der Waals surface area contributed by atoms with Crippen LogP contribution in [0.2, 0.25) is 0 Å². The van der Waals surface area contributed by atoms with E-state index in [1.54, 1.807) is 0 Å². The van der Waals surface area contributed by atoms with E-state index in [1.807, 2.05) is 0 Å². The maximum absolute atomic E-state index is 11.9. The summed E-state index contributed by atoms with van der Waals surface area (Å²) in [4.78, 5) is 0. The lowest BCUT2D eigenvalue weighted by Crippen LogP contribution is -2.36. The van der Waals surface area contributed by atoms with Gasteiger partial charge < -0.3 is 0 Å². The third kappa shape index (κ3) is 4.01. The van der Waals surface area contributed by atoms with Crippen LogP contribution in [0.15, 0.2) is 0 Å². The molecule has 0 aromatic heterocycles. The molecule has 5 heteroatoms. The molecule has 0 spiro atoms. The van der Waals surface area contributed by atoms with Gasteiger partial charge in [0, 0.05) is 6.54 Å². The fourth-order valence-corrected chi connectivity index (χ4v) is 3.52. The number of halogens is 1. The molecule has 1 rings (SSSR count). The first-order valence-corrected chi connectivity index (χ1v) is 7.72. The van der Waals surface area contributed by atoms with Gasteiger partial charge in [-0.25, -0.2) is 13.1 Å². The molecular weight excluding hydrogens is 229 g/mol. The van der Waals surface area contributed by atoms with Crippen molar-refractivity contribution >= 4 is 10.0 Å². The van der Waals surface area contributed by atoms with Crippen molar-refractivity contribution in [2.45, 2.75) is 45.4 Å². The van der Waals surface area contributed by atoms with Crippen molar-refractivity contribution < 1.29 is 12.8 Å². The van der Waals surface area contributed by atoms with Crippen molar-refractivity contribution in [1.29, 1.82) is 0 Å². The maximum atomic E-state index is 11.9. The zero-order valence-electron chi connectivity index (χ0n) is 9.97. The minimum Gasteiger partial charge on any atom is -0.251 e. The van der Waals surface area contributed by atoms with E-state index in [2.05, 4.69) is 11.6 Å². The SMILES string of the molecule is CCC1(CNS(=O)(=O)CCCF)CCCC1. The summed E-state index contributed by atoms with van der Waals surface area (Å²) >= 11 is 0. The third-order valence-electron chi connectivity index (χ3n) is 3.63. The molecule has 96 valence electrons. The molecule has 0 aromatic carbocycles. The maximum Gasteiger partial charge on any atom is 0.211 e. The molecule has 0 radical (unpaired) electrons. The standard InChI is InChI=1S/C11H22FNO2S/c1-2-11(6-3-4-7-11)10-13-16(14,15)9-5-8-12/h13H,2-10H2,1H3. The van der Waals surface area contributed by atoms with Crippen molar-refractivity contribution in [2.24, 2.45) is 5.41 Å². The van der Waals surface area contributed by atoms with E-state index in [1.165, 1.54) is 12.8 Å². The molecule has 1 saturated carbocycles. The van der Waals surface area contributed by atoms with Crippen LogP contribution < -0.4 is 4.72 Å². The predicted octanol–water partition coefficient (Wildman–Crippen LogP) is 2.24. The van der Waals surface area contributed by atoms with Crippen LogP contribution in [0.5, 0.6) is 0 Å². The van der Waals surface area contributed by atoms with Crippen molar-refractivity contribution in [3.8, 4) is 0 Å². The molecular formula is C11H22FNO2S. The molecule has 3 nitrogen and oxygen atoms in total. The predicted molar refractivity (Wildman–Crippen MR) is 63.6 cm³/mol. The first-order chi connectivity index (χ1) is 7.54. The largest absolute Gasteiger partial charge is 0.251 e. The summed E-state index contributed by atoms with van der Waals surface area (Å²) in [6, 6.07) is 0. The first kappa shape index (κ1) is 13.9. The Morgan fingerprint density at radius 2 is 1.94 bits per heavy atom. The molecule has 0 bridgehead atoms. The molecule has 0 unspecified atom stereocenters. The van der Waals surface area contributed by atoms with E-state index in [0.717, 1.165) is 19.3 Å². The molecule has 1 N–H and O–H groups in total. The Labute approximate surface area is 97.9 Å². The molecule has 1 fully saturated rings. The Morgan fingerprint density at radius 1 is 1.31 bits per heavy atom. The summed E-state index contributed by atoms with van der Waals surface area (Å²) in [5, 5.41) is 0. The highest BCUT2D eigenvalue weighted by Crippen LogP contribution is 2.40. The Bertz CT molecular complexity index is 297. The number of alkyl halides is 1. The van der Waals surface area contributed by atoms with Crippen molar-refractivity contribution in [2.75, 3.05) is 19.0 Å². The smallest absolute Gasteiger partial charge is 0.211 e. The molecule has 0 heterocycles. The summed E-state index contributed by atoms with van der Waals surface area (Å²) in [6.45, 7) is 2.07. The fraction of sp³-hybridized carbons (Fsp3) is 1.00. The van der Waals surface area contributed by atoms with E-state index < -0.39 is 16.7 Å². The van der Waals surface area contributed by atoms with Gasteiger partial charge in [0.1, 0.15) is 0 Å². The van der Waals surface area contributed by atoms with Gasteiger partial charge in [0.15, 0.2) is 0 Å². The van der Waals surface area contributed by atoms with Crippen LogP contribution in [0.3, 0.4) is 0 Å². The highest BCUT2D eigenvalue weighted by molar-refractivity contribution is 7.89. The second-order valence-corrected chi connectivity index (χ2v) is 6.67. The quantitative estimate of drug-likeness (QED) is 0.754. The van der Waals surface area contributed by atoms with Gasteiger partial charge in [-0.3, -0.25) is 4.39 Å². The van der Waals surface area contributed by atoms with Gasteiger partial charge in [0.05, 0.1) is 12.4 Å². The molecule has 0 aliphatic heterocycles. The highest BCUT2D eigenvalue weighted by Gasteiger charge is 2.32. The summed E-state index contributed by atoms with van der Waals surface area (Å²) in [5.74, 6) is -0.0940. The lowest BCUT2D eigenvalue weighted by molar-refractivity contribution is 0.285. The lowest BCUT2D eigenvalue weighted by Gasteiger charge is -2.27. The summed E-state index contributed by atoms with van der Waals surface area (Å²) in [6.07, 6.45) is 5.71. The molecule has 0 saturated heterocycles. The third-order valence-corrected chi connectivity index (χ3v) is 5.04. The van der Waals surface area contributed by atoms with Gasteiger partial charge in [0.2, 0.25) is 10.0 Å². The molecule has 0 amide bonds. The molecule has 1 aliphatic carbocycles. The van der Waals surface area contributed by atoms with Crippen molar-refractivity contribution in [3.05, 3.63) is 0 Å². The van der Waals surface area contributed by atoms with Crippen LogP contribution >= 0.6 is 0 Å². The van der Waals surface area contributed by atoms with Crippen LogP contribution in [-0.2, 0) is 10.0 Å². The molecule has 16 heavy (non-hydrogen) atoms. The number of rotatable bonds is 7. The minimum atomic E-state index is -3.27. The first-order valence-electron chi connectivity index (χ1n) is 6.07. The zero-order valence-corrected chi connectivity index (χ0v) is 10.8. The Balaban J connectivity index is 2.43. The molecule has 1 aliphatic rings.